The third kappa shape index (κ3) is 8.48. The van der Waals surface area contributed by atoms with E-state index in [0.29, 0.717) is 6.54 Å². The Hall–Kier alpha value is -2.61. The highest BCUT2D eigenvalue weighted by molar-refractivity contribution is 5.27. The zero-order chi connectivity index (χ0) is 19.4. The molecule has 0 aliphatic heterocycles. The lowest BCUT2D eigenvalue weighted by molar-refractivity contribution is 0.403. The molecular weight excluding hydrogens is 321 g/mol. The molecule has 0 N–H and O–H groups in total. The molecule has 0 saturated heterocycles. The Morgan fingerprint density at radius 3 is 2.58 bits per heavy atom. The van der Waals surface area contributed by atoms with Gasteiger partial charge in [0.2, 0.25) is 0 Å². The molecule has 0 fully saturated rings. The van der Waals surface area contributed by atoms with Gasteiger partial charge in [-0.25, -0.2) is 4.39 Å². The van der Waals surface area contributed by atoms with E-state index in [0.717, 1.165) is 29.7 Å². The van der Waals surface area contributed by atoms with Crippen LogP contribution in [0.1, 0.15) is 32.3 Å². The summed E-state index contributed by atoms with van der Waals surface area (Å²) in [6.07, 6.45) is 15.9. The standard InChI is InChI=1S/C24H30FN/c1-6-8-9-12-20(3)13-10-14-22(7-2)17-21(4)26(5)19-23-15-11-16-24(25)18-23/h6-12,14-16,18H,3-4,13,17,19H2,1-2,5H3/b8-6-,12-9-,14-10-,22-7+. The van der Waals surface area contributed by atoms with Gasteiger partial charge in [-0.15, -0.1) is 0 Å². The highest BCUT2D eigenvalue weighted by Crippen LogP contribution is 2.17. The Bertz CT molecular complexity index is 719. The van der Waals surface area contributed by atoms with Crippen molar-refractivity contribution < 1.29 is 4.39 Å². The first kappa shape index (κ1) is 21.4. The second-order valence-corrected chi connectivity index (χ2v) is 6.24. The molecule has 1 nitrogen and oxygen atoms in total. The van der Waals surface area contributed by atoms with Crippen LogP contribution in [0.4, 0.5) is 4.39 Å². The molecule has 1 aromatic carbocycles. The second-order valence-electron chi connectivity index (χ2n) is 6.24. The summed E-state index contributed by atoms with van der Waals surface area (Å²) in [5.41, 5.74) is 4.21. The minimum absolute atomic E-state index is 0.206. The third-order valence-electron chi connectivity index (χ3n) is 3.98. The number of allylic oxidation sites excluding steroid dienone is 9. The fourth-order valence-electron chi connectivity index (χ4n) is 2.38. The largest absolute Gasteiger partial charge is 0.374 e. The normalized spacial score (nSPS) is 12.4. The number of hydrogen-bond donors (Lipinski definition) is 0. The Balaban J connectivity index is 2.54. The van der Waals surface area contributed by atoms with Crippen molar-refractivity contribution in [2.45, 2.75) is 33.2 Å². The Kier molecular flexibility index (Phi) is 9.78. The summed E-state index contributed by atoms with van der Waals surface area (Å²) in [7, 11) is 1.98. The fourth-order valence-corrected chi connectivity index (χ4v) is 2.38. The van der Waals surface area contributed by atoms with Crippen molar-refractivity contribution in [3.8, 4) is 0 Å². The van der Waals surface area contributed by atoms with Gasteiger partial charge in [0.1, 0.15) is 5.82 Å². The zero-order valence-electron chi connectivity index (χ0n) is 16.2. The molecule has 2 heteroatoms. The molecule has 0 aliphatic carbocycles. The van der Waals surface area contributed by atoms with Crippen LogP contribution in [-0.2, 0) is 6.54 Å². The highest BCUT2D eigenvalue weighted by Gasteiger charge is 2.05. The van der Waals surface area contributed by atoms with Gasteiger partial charge in [-0.3, -0.25) is 0 Å². The van der Waals surface area contributed by atoms with Crippen LogP contribution in [0.3, 0.4) is 0 Å². The van der Waals surface area contributed by atoms with Crippen molar-refractivity contribution in [2.24, 2.45) is 0 Å². The van der Waals surface area contributed by atoms with Crippen molar-refractivity contribution in [2.75, 3.05) is 7.05 Å². The van der Waals surface area contributed by atoms with Gasteiger partial charge in [-0.05, 0) is 43.5 Å². The van der Waals surface area contributed by atoms with Gasteiger partial charge in [-0.2, -0.15) is 0 Å². The second kappa shape index (κ2) is 11.9. The average Bonchev–Trinajstić information content (AvgIpc) is 2.60. The maximum atomic E-state index is 13.3. The smallest absolute Gasteiger partial charge is 0.123 e. The molecule has 0 saturated carbocycles. The number of nitrogens with zero attached hydrogens (tertiary/aromatic N) is 1. The van der Waals surface area contributed by atoms with Crippen LogP contribution in [0.25, 0.3) is 0 Å². The van der Waals surface area contributed by atoms with Gasteiger partial charge < -0.3 is 4.90 Å². The summed E-state index contributed by atoms with van der Waals surface area (Å²) in [6, 6.07) is 6.69. The number of halogens is 1. The summed E-state index contributed by atoms with van der Waals surface area (Å²) in [5.74, 6) is -0.206. The molecule has 0 aromatic heterocycles. The van der Waals surface area contributed by atoms with E-state index in [2.05, 4.69) is 36.3 Å². The van der Waals surface area contributed by atoms with Crippen molar-refractivity contribution in [1.82, 2.24) is 4.90 Å². The van der Waals surface area contributed by atoms with Crippen LogP contribution in [0.5, 0.6) is 0 Å². The summed E-state index contributed by atoms with van der Waals surface area (Å²) >= 11 is 0. The van der Waals surface area contributed by atoms with E-state index in [1.165, 1.54) is 11.6 Å². The maximum absolute atomic E-state index is 13.3. The minimum atomic E-state index is -0.206. The van der Waals surface area contributed by atoms with Crippen LogP contribution >= 0.6 is 0 Å². The topological polar surface area (TPSA) is 3.24 Å². The predicted octanol–water partition coefficient (Wildman–Crippen LogP) is 6.74. The lowest BCUT2D eigenvalue weighted by Gasteiger charge is -2.22. The summed E-state index contributed by atoms with van der Waals surface area (Å²) in [6.45, 7) is 12.9. The van der Waals surface area contributed by atoms with Gasteiger partial charge in [0.15, 0.2) is 0 Å². The minimum Gasteiger partial charge on any atom is -0.374 e. The van der Waals surface area contributed by atoms with E-state index in [-0.39, 0.29) is 5.82 Å². The fraction of sp³-hybridized carbons (Fsp3) is 0.250. The Morgan fingerprint density at radius 1 is 1.15 bits per heavy atom. The summed E-state index contributed by atoms with van der Waals surface area (Å²) in [5, 5.41) is 0. The van der Waals surface area contributed by atoms with Crippen molar-refractivity contribution in [3.05, 3.63) is 108 Å². The van der Waals surface area contributed by atoms with Crippen LogP contribution in [0.15, 0.2) is 96.8 Å². The lowest BCUT2D eigenvalue weighted by Crippen LogP contribution is -2.16. The van der Waals surface area contributed by atoms with Crippen LogP contribution in [-0.4, -0.2) is 11.9 Å². The molecule has 1 aromatic rings. The van der Waals surface area contributed by atoms with Gasteiger partial charge in [0.05, 0.1) is 0 Å². The molecule has 0 unspecified atom stereocenters. The van der Waals surface area contributed by atoms with E-state index >= 15 is 0 Å². The highest BCUT2D eigenvalue weighted by atomic mass is 19.1. The number of hydrogen-bond acceptors (Lipinski definition) is 1. The molecule has 0 atom stereocenters. The van der Waals surface area contributed by atoms with Gasteiger partial charge in [0, 0.05) is 25.7 Å². The molecule has 0 bridgehead atoms. The van der Waals surface area contributed by atoms with E-state index < -0.39 is 0 Å². The number of rotatable bonds is 10. The van der Waals surface area contributed by atoms with E-state index in [1.807, 2.05) is 51.3 Å². The maximum Gasteiger partial charge on any atom is 0.123 e. The predicted molar refractivity (Wildman–Crippen MR) is 112 cm³/mol. The first-order chi connectivity index (χ1) is 12.5. The zero-order valence-corrected chi connectivity index (χ0v) is 16.2. The third-order valence-corrected chi connectivity index (χ3v) is 3.98. The van der Waals surface area contributed by atoms with Crippen molar-refractivity contribution in [1.29, 1.82) is 0 Å². The molecule has 0 heterocycles. The van der Waals surface area contributed by atoms with Gasteiger partial charge in [-0.1, -0.05) is 73.4 Å². The molecule has 1 rings (SSSR count). The van der Waals surface area contributed by atoms with Crippen LogP contribution in [0, 0.1) is 5.82 Å². The SMILES string of the molecule is C=C(/C=C\C=C/C)C/C=C\C(=C/C)CC(=C)N(C)Cc1cccc(F)c1. The monoisotopic (exact) mass is 351 g/mol. The van der Waals surface area contributed by atoms with E-state index in [1.54, 1.807) is 12.1 Å². The van der Waals surface area contributed by atoms with Crippen molar-refractivity contribution in [3.63, 3.8) is 0 Å². The first-order valence-corrected chi connectivity index (χ1v) is 8.88. The molecule has 26 heavy (non-hydrogen) atoms. The average molecular weight is 352 g/mol. The molecule has 138 valence electrons. The Morgan fingerprint density at radius 2 is 1.92 bits per heavy atom. The molecule has 0 aliphatic rings. The van der Waals surface area contributed by atoms with Crippen molar-refractivity contribution >= 4 is 0 Å². The van der Waals surface area contributed by atoms with Gasteiger partial charge >= 0.3 is 0 Å². The van der Waals surface area contributed by atoms with Gasteiger partial charge in [0.25, 0.3) is 0 Å². The molecule has 0 amide bonds. The summed E-state index contributed by atoms with van der Waals surface area (Å²) in [4.78, 5) is 2.06. The van der Waals surface area contributed by atoms with E-state index in [9.17, 15) is 4.39 Å². The van der Waals surface area contributed by atoms with Crippen LogP contribution < -0.4 is 0 Å². The lowest BCUT2D eigenvalue weighted by atomic mass is 10.1. The molecule has 0 spiro atoms. The first-order valence-electron chi connectivity index (χ1n) is 8.88. The summed E-state index contributed by atoms with van der Waals surface area (Å²) < 4.78 is 13.3. The molecular formula is C24H30FN. The van der Waals surface area contributed by atoms with E-state index in [4.69, 9.17) is 0 Å². The molecule has 0 radical (unpaired) electrons. The van der Waals surface area contributed by atoms with Crippen LogP contribution in [0.2, 0.25) is 0 Å². The number of benzene rings is 1. The Labute approximate surface area is 158 Å². The quantitative estimate of drug-likeness (QED) is 0.422.